The second-order valence-corrected chi connectivity index (χ2v) is 6.47. The van der Waals surface area contributed by atoms with Gasteiger partial charge in [-0.3, -0.25) is 9.78 Å². The van der Waals surface area contributed by atoms with E-state index in [1.807, 2.05) is 25.1 Å². The third kappa shape index (κ3) is 2.97. The molecule has 0 unspecified atom stereocenters. The Morgan fingerprint density at radius 2 is 2.28 bits per heavy atom. The number of carbonyl (C=O) groups is 1. The molecule has 94 valence electrons. The van der Waals surface area contributed by atoms with Crippen molar-refractivity contribution in [1.82, 2.24) is 4.98 Å². The number of rotatable bonds is 3. The van der Waals surface area contributed by atoms with Crippen molar-refractivity contribution < 1.29 is 4.79 Å². The van der Waals surface area contributed by atoms with Gasteiger partial charge in [0.1, 0.15) is 0 Å². The molecule has 0 amide bonds. The minimum atomic E-state index is -0.00453. The molecule has 0 aliphatic carbocycles. The lowest BCUT2D eigenvalue weighted by atomic mass is 10.2. The molecule has 1 aromatic carbocycles. The molecule has 0 fully saturated rings. The van der Waals surface area contributed by atoms with E-state index in [-0.39, 0.29) is 5.12 Å². The summed E-state index contributed by atoms with van der Waals surface area (Å²) < 4.78 is 1.08. The third-order valence-electron chi connectivity index (χ3n) is 2.42. The first-order valence-corrected chi connectivity index (χ1v) is 7.98. The quantitative estimate of drug-likeness (QED) is 0.706. The fourth-order valence-corrected chi connectivity index (χ4v) is 3.08. The summed E-state index contributed by atoms with van der Waals surface area (Å²) in [6.45, 7) is 2.04. The van der Waals surface area contributed by atoms with Crippen molar-refractivity contribution in [3.8, 4) is 0 Å². The van der Waals surface area contributed by atoms with Crippen molar-refractivity contribution in [2.45, 2.75) is 13.3 Å². The summed E-state index contributed by atoms with van der Waals surface area (Å²) in [6, 6.07) is 5.84. The molecule has 0 bridgehead atoms. The Balaban J connectivity index is 2.47. The van der Waals surface area contributed by atoms with Crippen LogP contribution in [0.3, 0.4) is 0 Å². The molecule has 0 saturated carbocycles. The lowest BCUT2D eigenvalue weighted by Gasteiger charge is -2.06. The molecule has 5 heteroatoms. The molecule has 0 aliphatic rings. The van der Waals surface area contributed by atoms with Gasteiger partial charge >= 0.3 is 0 Å². The first kappa shape index (κ1) is 14.1. The van der Waals surface area contributed by atoms with Gasteiger partial charge in [-0.2, -0.15) is 0 Å². The van der Waals surface area contributed by atoms with E-state index in [1.165, 1.54) is 11.8 Å². The number of hydrogen-bond donors (Lipinski definition) is 0. The van der Waals surface area contributed by atoms with Crippen molar-refractivity contribution in [3.05, 3.63) is 38.6 Å². The number of thioether (sulfide) groups is 1. The summed E-state index contributed by atoms with van der Waals surface area (Å²) >= 11 is 9.82. The lowest BCUT2D eigenvalue weighted by molar-refractivity contribution is 0.108. The second-order valence-electron chi connectivity index (χ2n) is 3.78. The minimum absolute atomic E-state index is 0.00453. The summed E-state index contributed by atoms with van der Waals surface area (Å²) in [6.07, 6.45) is 2.54. The first-order valence-electron chi connectivity index (χ1n) is 5.54. The highest BCUT2D eigenvalue weighted by molar-refractivity contribution is 14.1. The van der Waals surface area contributed by atoms with Gasteiger partial charge in [-0.25, -0.2) is 0 Å². The molecular formula is C13H11ClINOS. The van der Waals surface area contributed by atoms with Crippen LogP contribution in [-0.4, -0.2) is 15.9 Å². The molecule has 2 nitrogen and oxygen atoms in total. The van der Waals surface area contributed by atoms with Crippen molar-refractivity contribution in [3.63, 3.8) is 0 Å². The Morgan fingerprint density at radius 3 is 3.00 bits per heavy atom. The zero-order valence-electron chi connectivity index (χ0n) is 9.74. The van der Waals surface area contributed by atoms with Crippen LogP contribution in [0.25, 0.3) is 10.9 Å². The summed E-state index contributed by atoms with van der Waals surface area (Å²) in [5.41, 5.74) is 1.32. The fraction of sp³-hybridized carbons (Fsp3) is 0.231. The van der Waals surface area contributed by atoms with Gasteiger partial charge in [0.05, 0.1) is 16.1 Å². The van der Waals surface area contributed by atoms with Gasteiger partial charge in [0.15, 0.2) is 0 Å². The summed E-state index contributed by atoms with van der Waals surface area (Å²) in [5.74, 6) is 0.805. The molecule has 1 heterocycles. The molecule has 0 radical (unpaired) electrons. The van der Waals surface area contributed by atoms with Gasteiger partial charge in [0.2, 0.25) is 5.12 Å². The van der Waals surface area contributed by atoms with E-state index >= 15 is 0 Å². The van der Waals surface area contributed by atoms with Crippen LogP contribution in [-0.2, 0) is 0 Å². The number of hydrogen-bond acceptors (Lipinski definition) is 3. The van der Waals surface area contributed by atoms with Crippen LogP contribution >= 0.6 is 46.0 Å². The number of halogens is 2. The van der Waals surface area contributed by atoms with Gasteiger partial charge in [-0.15, -0.1) is 0 Å². The van der Waals surface area contributed by atoms with Crippen LogP contribution in [0.4, 0.5) is 0 Å². The molecule has 2 aromatic rings. The Kier molecular flexibility index (Phi) is 4.86. The molecule has 18 heavy (non-hydrogen) atoms. The molecule has 0 atom stereocenters. The standard InChI is InChI=1S/C13H11ClINOS/c1-2-5-18-13(17)10-7-16-11-4-3-8(15)6-9(11)12(10)14/h3-4,6-7H,2,5H2,1H3. The number of benzene rings is 1. The minimum Gasteiger partial charge on any atom is -0.281 e. The topological polar surface area (TPSA) is 30.0 Å². The summed E-state index contributed by atoms with van der Waals surface area (Å²) in [7, 11) is 0. The fourth-order valence-electron chi connectivity index (χ4n) is 1.55. The van der Waals surface area contributed by atoms with Crippen LogP contribution in [0.15, 0.2) is 24.4 Å². The summed E-state index contributed by atoms with van der Waals surface area (Å²) in [4.78, 5) is 16.3. The second kappa shape index (κ2) is 6.21. The SMILES string of the molecule is CCCSC(=O)c1cnc2ccc(I)cc2c1Cl. The van der Waals surface area contributed by atoms with Crippen LogP contribution in [0.2, 0.25) is 5.02 Å². The van der Waals surface area contributed by atoms with Crippen LogP contribution in [0, 0.1) is 3.57 Å². The Morgan fingerprint density at radius 1 is 1.50 bits per heavy atom. The molecule has 2 rings (SSSR count). The number of fused-ring (bicyclic) bond motifs is 1. The van der Waals surface area contributed by atoms with Gasteiger partial charge in [0.25, 0.3) is 0 Å². The highest BCUT2D eigenvalue weighted by atomic mass is 127. The van der Waals surface area contributed by atoms with Crippen molar-refractivity contribution in [2.75, 3.05) is 5.75 Å². The number of aromatic nitrogens is 1. The largest absolute Gasteiger partial charge is 0.281 e. The Labute approximate surface area is 129 Å². The molecule has 0 saturated heterocycles. The van der Waals surface area contributed by atoms with E-state index < -0.39 is 0 Å². The zero-order valence-corrected chi connectivity index (χ0v) is 13.5. The maximum atomic E-state index is 12.0. The average molecular weight is 392 g/mol. The van der Waals surface area contributed by atoms with Crippen LogP contribution < -0.4 is 0 Å². The van der Waals surface area contributed by atoms with E-state index in [1.54, 1.807) is 6.20 Å². The van der Waals surface area contributed by atoms with E-state index in [0.717, 1.165) is 26.6 Å². The average Bonchev–Trinajstić information content (AvgIpc) is 2.37. The molecule has 0 spiro atoms. The number of pyridine rings is 1. The van der Waals surface area contributed by atoms with Crippen LogP contribution in [0.1, 0.15) is 23.7 Å². The van der Waals surface area contributed by atoms with Gasteiger partial charge in [0, 0.05) is 20.9 Å². The molecule has 1 aromatic heterocycles. The predicted molar refractivity (Wildman–Crippen MR) is 86.5 cm³/mol. The van der Waals surface area contributed by atoms with Crippen molar-refractivity contribution in [1.29, 1.82) is 0 Å². The Bertz CT molecular complexity index is 603. The number of nitrogens with zero attached hydrogens (tertiary/aromatic N) is 1. The third-order valence-corrected chi connectivity index (χ3v) is 4.59. The van der Waals surface area contributed by atoms with E-state index in [2.05, 4.69) is 27.6 Å². The lowest BCUT2D eigenvalue weighted by Crippen LogP contribution is -1.98. The van der Waals surface area contributed by atoms with Gasteiger partial charge in [-0.1, -0.05) is 30.3 Å². The van der Waals surface area contributed by atoms with E-state index in [4.69, 9.17) is 11.6 Å². The molecule has 0 aliphatic heterocycles. The molecule has 0 N–H and O–H groups in total. The molecular weight excluding hydrogens is 381 g/mol. The van der Waals surface area contributed by atoms with E-state index in [0.29, 0.717) is 10.6 Å². The van der Waals surface area contributed by atoms with Crippen molar-refractivity contribution in [2.24, 2.45) is 0 Å². The maximum Gasteiger partial charge on any atom is 0.222 e. The number of carbonyl (C=O) groups excluding carboxylic acids is 1. The monoisotopic (exact) mass is 391 g/mol. The maximum absolute atomic E-state index is 12.0. The zero-order chi connectivity index (χ0) is 13.1. The Hall–Kier alpha value is -0.330. The highest BCUT2D eigenvalue weighted by Crippen LogP contribution is 2.29. The van der Waals surface area contributed by atoms with Crippen LogP contribution in [0.5, 0.6) is 0 Å². The predicted octanol–water partition coefficient (Wildman–Crippen LogP) is 4.78. The van der Waals surface area contributed by atoms with E-state index in [9.17, 15) is 4.79 Å². The van der Waals surface area contributed by atoms with Gasteiger partial charge in [-0.05, 0) is 47.2 Å². The normalized spacial score (nSPS) is 10.8. The smallest absolute Gasteiger partial charge is 0.222 e. The first-order chi connectivity index (χ1) is 8.63. The summed E-state index contributed by atoms with van der Waals surface area (Å²) in [5, 5.41) is 1.34. The van der Waals surface area contributed by atoms with Crippen molar-refractivity contribution >= 4 is 62.0 Å². The van der Waals surface area contributed by atoms with Gasteiger partial charge < -0.3 is 0 Å². The highest BCUT2D eigenvalue weighted by Gasteiger charge is 2.14.